The lowest BCUT2D eigenvalue weighted by Gasteiger charge is -2.07. The van der Waals surface area contributed by atoms with Crippen molar-refractivity contribution in [3.8, 4) is 0 Å². The van der Waals surface area contributed by atoms with E-state index in [1.807, 2.05) is 0 Å². The number of hydrogen-bond acceptors (Lipinski definition) is 4. The minimum absolute atomic E-state index is 0.296. The fourth-order valence-corrected chi connectivity index (χ4v) is 1.17. The molecule has 0 unspecified atom stereocenters. The third-order valence-corrected chi connectivity index (χ3v) is 2.12. The van der Waals surface area contributed by atoms with Crippen molar-refractivity contribution in [1.82, 2.24) is 9.97 Å². The number of nitrogens with two attached hydrogens (primary N) is 1. The lowest BCUT2D eigenvalue weighted by atomic mass is 10.1. The van der Waals surface area contributed by atoms with E-state index >= 15 is 0 Å². The molecule has 0 bridgehead atoms. The predicted octanol–water partition coefficient (Wildman–Crippen LogP) is 1.57. The Bertz CT molecular complexity index is 338. The first kappa shape index (κ1) is 11.8. The highest BCUT2D eigenvalue weighted by Gasteiger charge is 2.01. The van der Waals surface area contributed by atoms with Crippen LogP contribution in [0.25, 0.3) is 0 Å². The summed E-state index contributed by atoms with van der Waals surface area (Å²) in [5.74, 6) is 1.25. The van der Waals surface area contributed by atoms with Crippen LogP contribution < -0.4 is 11.1 Å². The van der Waals surface area contributed by atoms with Gasteiger partial charge in [-0.15, -0.1) is 0 Å². The van der Waals surface area contributed by atoms with Crippen LogP contribution in [0.3, 0.4) is 0 Å². The second-order valence-electron chi connectivity index (χ2n) is 3.74. The molecule has 0 saturated carbocycles. The molecule has 0 amide bonds. The number of nitrogens with one attached hydrogen (secondary N) is 1. The van der Waals surface area contributed by atoms with E-state index in [0.717, 1.165) is 13.0 Å². The first-order chi connectivity index (χ1) is 7.09. The molecule has 4 nitrogen and oxygen atoms in total. The molecular formula is C10H16N4S. The fraction of sp³-hybridized carbons (Fsp3) is 0.500. The van der Waals surface area contributed by atoms with Gasteiger partial charge in [-0.1, -0.05) is 26.1 Å². The number of anilines is 1. The minimum atomic E-state index is 0.296. The third kappa shape index (κ3) is 4.20. The van der Waals surface area contributed by atoms with Crippen molar-refractivity contribution in [2.24, 2.45) is 11.7 Å². The van der Waals surface area contributed by atoms with Gasteiger partial charge in [-0.05, 0) is 18.4 Å². The molecule has 15 heavy (non-hydrogen) atoms. The summed E-state index contributed by atoms with van der Waals surface area (Å²) in [5, 5.41) is 3.13. The molecule has 0 fully saturated rings. The second kappa shape index (κ2) is 5.60. The molecule has 3 N–H and O–H groups in total. The SMILES string of the molecule is CC(C)CCNc1nccc(C(N)=S)n1. The van der Waals surface area contributed by atoms with E-state index in [1.54, 1.807) is 12.3 Å². The van der Waals surface area contributed by atoms with E-state index < -0.39 is 0 Å². The van der Waals surface area contributed by atoms with Crippen LogP contribution in [0.5, 0.6) is 0 Å². The summed E-state index contributed by atoms with van der Waals surface area (Å²) < 4.78 is 0. The Morgan fingerprint density at radius 1 is 1.60 bits per heavy atom. The summed E-state index contributed by atoms with van der Waals surface area (Å²) in [5.41, 5.74) is 6.08. The Hall–Kier alpha value is -1.23. The van der Waals surface area contributed by atoms with Gasteiger partial charge < -0.3 is 11.1 Å². The van der Waals surface area contributed by atoms with Gasteiger partial charge in [0.15, 0.2) is 0 Å². The number of aromatic nitrogens is 2. The average molecular weight is 224 g/mol. The Balaban J connectivity index is 2.54. The van der Waals surface area contributed by atoms with Crippen LogP contribution in [0.15, 0.2) is 12.3 Å². The van der Waals surface area contributed by atoms with Gasteiger partial charge in [0.2, 0.25) is 5.95 Å². The molecule has 1 heterocycles. The highest BCUT2D eigenvalue weighted by molar-refractivity contribution is 7.80. The van der Waals surface area contributed by atoms with E-state index in [1.165, 1.54) is 0 Å². The monoisotopic (exact) mass is 224 g/mol. The quantitative estimate of drug-likeness (QED) is 0.743. The standard InChI is InChI=1S/C10H16N4S/c1-7(2)3-5-12-10-13-6-4-8(14-10)9(11)15/h4,6-7H,3,5H2,1-2H3,(H2,11,15)(H,12,13,14). The molecule has 0 saturated heterocycles. The van der Waals surface area contributed by atoms with E-state index in [2.05, 4.69) is 29.1 Å². The normalized spacial score (nSPS) is 10.3. The molecule has 0 spiro atoms. The Kier molecular flexibility index (Phi) is 4.42. The summed E-state index contributed by atoms with van der Waals surface area (Å²) >= 11 is 4.84. The number of rotatable bonds is 5. The summed E-state index contributed by atoms with van der Waals surface area (Å²) in [7, 11) is 0. The first-order valence-electron chi connectivity index (χ1n) is 4.96. The summed E-state index contributed by atoms with van der Waals surface area (Å²) in [6, 6.07) is 1.70. The molecule has 0 aromatic carbocycles. The van der Waals surface area contributed by atoms with Crippen molar-refractivity contribution in [3.05, 3.63) is 18.0 Å². The van der Waals surface area contributed by atoms with Crippen molar-refractivity contribution in [2.75, 3.05) is 11.9 Å². The van der Waals surface area contributed by atoms with Gasteiger partial charge in [-0.3, -0.25) is 0 Å². The van der Waals surface area contributed by atoms with Gasteiger partial charge in [0.25, 0.3) is 0 Å². The lowest BCUT2D eigenvalue weighted by Crippen LogP contribution is -2.14. The zero-order valence-corrected chi connectivity index (χ0v) is 9.84. The van der Waals surface area contributed by atoms with Gasteiger partial charge in [0.05, 0.1) is 0 Å². The van der Waals surface area contributed by atoms with Gasteiger partial charge in [0, 0.05) is 12.7 Å². The molecule has 82 valence electrons. The average Bonchev–Trinajstić information content (AvgIpc) is 2.17. The predicted molar refractivity (Wildman–Crippen MR) is 65.9 cm³/mol. The third-order valence-electron chi connectivity index (χ3n) is 1.91. The number of nitrogens with zero attached hydrogens (tertiary/aromatic N) is 2. The molecule has 0 aliphatic heterocycles. The van der Waals surface area contributed by atoms with Crippen LogP contribution >= 0.6 is 12.2 Å². The van der Waals surface area contributed by atoms with E-state index in [0.29, 0.717) is 22.5 Å². The lowest BCUT2D eigenvalue weighted by molar-refractivity contribution is 0.606. The Morgan fingerprint density at radius 3 is 2.93 bits per heavy atom. The summed E-state index contributed by atoms with van der Waals surface area (Å²) in [6.07, 6.45) is 2.74. The number of hydrogen-bond donors (Lipinski definition) is 2. The molecule has 1 aromatic heterocycles. The molecule has 1 aromatic rings. The zero-order valence-electron chi connectivity index (χ0n) is 9.03. The summed E-state index contributed by atoms with van der Waals surface area (Å²) in [6.45, 7) is 5.21. The van der Waals surface area contributed by atoms with Crippen molar-refractivity contribution >= 4 is 23.2 Å². The molecule has 1 rings (SSSR count). The molecular weight excluding hydrogens is 208 g/mol. The van der Waals surface area contributed by atoms with Crippen LogP contribution in [0.2, 0.25) is 0 Å². The van der Waals surface area contributed by atoms with Crippen molar-refractivity contribution in [2.45, 2.75) is 20.3 Å². The van der Waals surface area contributed by atoms with Crippen LogP contribution in [0.4, 0.5) is 5.95 Å². The van der Waals surface area contributed by atoms with Gasteiger partial charge in [-0.2, -0.15) is 0 Å². The molecule has 5 heteroatoms. The topological polar surface area (TPSA) is 63.8 Å². The maximum atomic E-state index is 5.47. The largest absolute Gasteiger partial charge is 0.388 e. The van der Waals surface area contributed by atoms with Crippen molar-refractivity contribution in [1.29, 1.82) is 0 Å². The molecule has 0 atom stereocenters. The Morgan fingerprint density at radius 2 is 2.33 bits per heavy atom. The smallest absolute Gasteiger partial charge is 0.223 e. The van der Waals surface area contributed by atoms with Crippen molar-refractivity contribution < 1.29 is 0 Å². The van der Waals surface area contributed by atoms with Crippen LogP contribution in [-0.2, 0) is 0 Å². The van der Waals surface area contributed by atoms with Gasteiger partial charge >= 0.3 is 0 Å². The molecule has 0 aliphatic rings. The maximum absolute atomic E-state index is 5.47. The highest BCUT2D eigenvalue weighted by Crippen LogP contribution is 2.03. The maximum Gasteiger partial charge on any atom is 0.223 e. The summed E-state index contributed by atoms with van der Waals surface area (Å²) in [4.78, 5) is 8.56. The van der Waals surface area contributed by atoms with Crippen LogP contribution in [0, 0.1) is 5.92 Å². The van der Waals surface area contributed by atoms with Gasteiger partial charge in [-0.25, -0.2) is 9.97 Å². The van der Waals surface area contributed by atoms with Gasteiger partial charge in [0.1, 0.15) is 10.7 Å². The van der Waals surface area contributed by atoms with Crippen molar-refractivity contribution in [3.63, 3.8) is 0 Å². The molecule has 0 radical (unpaired) electrons. The first-order valence-corrected chi connectivity index (χ1v) is 5.37. The highest BCUT2D eigenvalue weighted by atomic mass is 32.1. The van der Waals surface area contributed by atoms with Crippen LogP contribution in [0.1, 0.15) is 26.0 Å². The Labute approximate surface area is 95.3 Å². The fourth-order valence-electron chi connectivity index (χ4n) is 1.05. The minimum Gasteiger partial charge on any atom is -0.388 e. The van der Waals surface area contributed by atoms with E-state index in [9.17, 15) is 0 Å². The van der Waals surface area contributed by atoms with E-state index in [4.69, 9.17) is 18.0 Å². The number of thiocarbonyl (C=S) groups is 1. The van der Waals surface area contributed by atoms with E-state index in [-0.39, 0.29) is 0 Å². The second-order valence-corrected chi connectivity index (χ2v) is 4.18. The molecule has 0 aliphatic carbocycles. The zero-order chi connectivity index (χ0) is 11.3. The van der Waals surface area contributed by atoms with Crippen LogP contribution in [-0.4, -0.2) is 21.5 Å².